The quantitative estimate of drug-likeness (QED) is 0.875. The number of hydrogen-bond donors (Lipinski definition) is 2. The standard InChI is InChI=1S/C12H15BrO3/c1-8(14)6-7-10(12(15)16)9-4-2-3-5-11(9)13/h2-5,8,10,14H,6-7H2,1H3,(H,15,16). The van der Waals surface area contributed by atoms with Crippen LogP contribution in [0.3, 0.4) is 0 Å². The fraction of sp³-hybridized carbons (Fsp3) is 0.417. The molecule has 4 heteroatoms. The third-order valence-corrected chi connectivity index (χ3v) is 3.17. The molecule has 1 aromatic carbocycles. The predicted octanol–water partition coefficient (Wildman–Crippen LogP) is 2.78. The molecule has 0 aromatic heterocycles. The highest BCUT2D eigenvalue weighted by Crippen LogP contribution is 2.28. The molecular formula is C12H15BrO3. The highest BCUT2D eigenvalue weighted by Gasteiger charge is 2.21. The fourth-order valence-electron chi connectivity index (χ4n) is 1.58. The van der Waals surface area contributed by atoms with Gasteiger partial charge >= 0.3 is 5.97 Å². The van der Waals surface area contributed by atoms with Gasteiger partial charge in [-0.15, -0.1) is 0 Å². The molecule has 3 nitrogen and oxygen atoms in total. The minimum Gasteiger partial charge on any atom is -0.481 e. The maximum atomic E-state index is 11.2. The number of aliphatic hydroxyl groups is 1. The summed E-state index contributed by atoms with van der Waals surface area (Å²) in [5.41, 5.74) is 0.760. The zero-order valence-electron chi connectivity index (χ0n) is 9.06. The lowest BCUT2D eigenvalue weighted by Gasteiger charge is -2.15. The van der Waals surface area contributed by atoms with Gasteiger partial charge in [0.15, 0.2) is 0 Å². The number of rotatable bonds is 5. The molecule has 0 saturated carbocycles. The summed E-state index contributed by atoms with van der Waals surface area (Å²) >= 11 is 3.35. The van der Waals surface area contributed by atoms with E-state index >= 15 is 0 Å². The van der Waals surface area contributed by atoms with Crippen molar-refractivity contribution in [3.05, 3.63) is 34.3 Å². The molecule has 0 aliphatic carbocycles. The number of hydrogen-bond acceptors (Lipinski definition) is 2. The Labute approximate surface area is 103 Å². The largest absolute Gasteiger partial charge is 0.481 e. The highest BCUT2D eigenvalue weighted by molar-refractivity contribution is 9.10. The van der Waals surface area contributed by atoms with Crippen LogP contribution >= 0.6 is 15.9 Å². The summed E-state index contributed by atoms with van der Waals surface area (Å²) in [6, 6.07) is 7.29. The first-order chi connectivity index (χ1) is 7.52. The molecule has 2 unspecified atom stereocenters. The van der Waals surface area contributed by atoms with Gasteiger partial charge in [-0.2, -0.15) is 0 Å². The average Bonchev–Trinajstić information content (AvgIpc) is 2.20. The smallest absolute Gasteiger partial charge is 0.311 e. The van der Waals surface area contributed by atoms with Gasteiger partial charge in [0.2, 0.25) is 0 Å². The third kappa shape index (κ3) is 3.61. The number of benzene rings is 1. The molecule has 1 aromatic rings. The highest BCUT2D eigenvalue weighted by atomic mass is 79.9. The Kier molecular flexibility index (Phi) is 4.96. The summed E-state index contributed by atoms with van der Waals surface area (Å²) in [6.45, 7) is 1.67. The first kappa shape index (κ1) is 13.2. The van der Waals surface area contributed by atoms with Crippen LogP contribution in [0.4, 0.5) is 0 Å². The molecule has 0 aliphatic heterocycles. The van der Waals surface area contributed by atoms with Crippen molar-refractivity contribution in [2.45, 2.75) is 31.8 Å². The summed E-state index contributed by atoms with van der Waals surface area (Å²) in [5, 5.41) is 18.4. The molecule has 88 valence electrons. The van der Waals surface area contributed by atoms with Gasteiger partial charge in [-0.05, 0) is 31.4 Å². The molecule has 0 heterocycles. The molecule has 0 saturated heterocycles. The summed E-state index contributed by atoms with van der Waals surface area (Å²) < 4.78 is 0.799. The van der Waals surface area contributed by atoms with Gasteiger partial charge < -0.3 is 10.2 Å². The zero-order valence-corrected chi connectivity index (χ0v) is 10.6. The summed E-state index contributed by atoms with van der Waals surface area (Å²) in [4.78, 5) is 11.2. The molecule has 2 atom stereocenters. The van der Waals surface area contributed by atoms with Crippen molar-refractivity contribution in [1.29, 1.82) is 0 Å². The molecule has 0 amide bonds. The van der Waals surface area contributed by atoms with Crippen LogP contribution in [-0.4, -0.2) is 22.3 Å². The molecule has 1 rings (SSSR count). The van der Waals surface area contributed by atoms with Crippen molar-refractivity contribution in [2.75, 3.05) is 0 Å². The Morgan fingerprint density at radius 2 is 2.00 bits per heavy atom. The topological polar surface area (TPSA) is 57.5 Å². The fourth-order valence-corrected chi connectivity index (χ4v) is 2.14. The van der Waals surface area contributed by atoms with Crippen LogP contribution in [0.1, 0.15) is 31.2 Å². The number of carbonyl (C=O) groups is 1. The minimum atomic E-state index is -0.854. The summed E-state index contributed by atoms with van der Waals surface area (Å²) in [6.07, 6.45) is 0.456. The molecular weight excluding hydrogens is 272 g/mol. The first-order valence-corrected chi connectivity index (χ1v) is 5.97. The molecule has 0 bridgehead atoms. The first-order valence-electron chi connectivity index (χ1n) is 5.17. The van der Waals surface area contributed by atoms with Crippen LogP contribution < -0.4 is 0 Å². The van der Waals surface area contributed by atoms with Crippen molar-refractivity contribution in [3.8, 4) is 0 Å². The Hall–Kier alpha value is -0.870. The maximum Gasteiger partial charge on any atom is 0.311 e. The molecule has 0 radical (unpaired) electrons. The molecule has 2 N–H and O–H groups in total. The van der Waals surface area contributed by atoms with E-state index in [2.05, 4.69) is 15.9 Å². The van der Waals surface area contributed by atoms with E-state index < -0.39 is 18.0 Å². The second kappa shape index (κ2) is 6.01. The number of aliphatic hydroxyl groups excluding tert-OH is 1. The number of aliphatic carboxylic acids is 1. The van der Waals surface area contributed by atoms with E-state index in [0.717, 1.165) is 10.0 Å². The van der Waals surface area contributed by atoms with Gasteiger partial charge in [0.25, 0.3) is 0 Å². The van der Waals surface area contributed by atoms with Gasteiger partial charge in [-0.3, -0.25) is 4.79 Å². The van der Waals surface area contributed by atoms with E-state index in [9.17, 15) is 9.90 Å². The lowest BCUT2D eigenvalue weighted by atomic mass is 9.93. The van der Waals surface area contributed by atoms with Gasteiger partial charge in [-0.25, -0.2) is 0 Å². The van der Waals surface area contributed by atoms with Crippen LogP contribution in [0.15, 0.2) is 28.7 Å². The Bertz CT molecular complexity index is 363. The van der Waals surface area contributed by atoms with Crippen LogP contribution in [0.2, 0.25) is 0 Å². The van der Waals surface area contributed by atoms with Gasteiger partial charge in [0.1, 0.15) is 0 Å². The minimum absolute atomic E-state index is 0.440. The van der Waals surface area contributed by atoms with E-state index in [-0.39, 0.29) is 0 Å². The van der Waals surface area contributed by atoms with Gasteiger partial charge in [0.05, 0.1) is 12.0 Å². The molecule has 16 heavy (non-hydrogen) atoms. The predicted molar refractivity (Wildman–Crippen MR) is 65.4 cm³/mol. The number of halogens is 1. The molecule has 0 aliphatic rings. The van der Waals surface area contributed by atoms with E-state index in [1.807, 2.05) is 18.2 Å². The average molecular weight is 287 g/mol. The summed E-state index contributed by atoms with van der Waals surface area (Å²) in [5.74, 6) is -1.42. The van der Waals surface area contributed by atoms with Gasteiger partial charge in [0, 0.05) is 4.47 Å². The van der Waals surface area contributed by atoms with Crippen LogP contribution in [-0.2, 0) is 4.79 Å². The SMILES string of the molecule is CC(O)CCC(C(=O)O)c1ccccc1Br. The van der Waals surface area contributed by atoms with E-state index in [0.29, 0.717) is 12.8 Å². The number of carboxylic acid groups (broad SMARTS) is 1. The molecule has 0 spiro atoms. The van der Waals surface area contributed by atoms with E-state index in [4.69, 9.17) is 5.11 Å². The van der Waals surface area contributed by atoms with Crippen molar-refractivity contribution in [3.63, 3.8) is 0 Å². The summed E-state index contributed by atoms with van der Waals surface area (Å²) in [7, 11) is 0. The van der Waals surface area contributed by atoms with E-state index in [1.165, 1.54) is 0 Å². The van der Waals surface area contributed by atoms with Crippen molar-refractivity contribution in [2.24, 2.45) is 0 Å². The normalized spacial score (nSPS) is 14.4. The number of carboxylic acids is 1. The molecule has 0 fully saturated rings. The lowest BCUT2D eigenvalue weighted by Crippen LogP contribution is -2.14. The monoisotopic (exact) mass is 286 g/mol. The van der Waals surface area contributed by atoms with E-state index in [1.54, 1.807) is 13.0 Å². The van der Waals surface area contributed by atoms with Crippen molar-refractivity contribution >= 4 is 21.9 Å². The van der Waals surface area contributed by atoms with Crippen LogP contribution in [0.25, 0.3) is 0 Å². The zero-order chi connectivity index (χ0) is 12.1. The second-order valence-corrected chi connectivity index (χ2v) is 4.69. The van der Waals surface area contributed by atoms with Gasteiger partial charge in [-0.1, -0.05) is 34.1 Å². The van der Waals surface area contributed by atoms with Crippen molar-refractivity contribution < 1.29 is 15.0 Å². The Morgan fingerprint density at radius 3 is 2.50 bits per heavy atom. The lowest BCUT2D eigenvalue weighted by molar-refractivity contribution is -0.139. The maximum absolute atomic E-state index is 11.2. The Balaban J connectivity index is 2.86. The van der Waals surface area contributed by atoms with Crippen LogP contribution in [0.5, 0.6) is 0 Å². The second-order valence-electron chi connectivity index (χ2n) is 3.84. The van der Waals surface area contributed by atoms with Crippen molar-refractivity contribution in [1.82, 2.24) is 0 Å². The third-order valence-electron chi connectivity index (χ3n) is 2.45. The van der Waals surface area contributed by atoms with Crippen LogP contribution in [0, 0.1) is 0 Å². The Morgan fingerprint density at radius 1 is 1.38 bits per heavy atom.